The average molecular weight is 392 g/mol. The molecule has 0 aliphatic heterocycles. The van der Waals surface area contributed by atoms with E-state index in [-0.39, 0.29) is 73.5 Å². The largest absolute Gasteiger partial charge is 0 e. The van der Waals surface area contributed by atoms with E-state index in [4.69, 9.17) is 0 Å². The van der Waals surface area contributed by atoms with Gasteiger partial charge in [-0.15, -0.1) is 0 Å². The zero-order chi connectivity index (χ0) is 0. The van der Waals surface area contributed by atoms with Crippen LogP contribution in [0.4, 0.5) is 0 Å². The van der Waals surface area contributed by atoms with Gasteiger partial charge in [0, 0.05) is 73.5 Å². The van der Waals surface area contributed by atoms with Crippen LogP contribution in [0.5, 0.6) is 0 Å². The topological polar surface area (TPSA) is 0 Å². The van der Waals surface area contributed by atoms with E-state index in [1.807, 2.05) is 0 Å². The molecule has 0 aromatic carbocycles. The molecule has 0 saturated heterocycles. The fourth-order valence-corrected chi connectivity index (χ4v) is 0. The molecule has 0 amide bonds. The molecule has 0 fully saturated rings. The maximum absolute atomic E-state index is 0. The second-order valence-electron chi connectivity index (χ2n) is 0. The minimum absolute atomic E-state index is 0. The fraction of sp³-hybridized carbons (Fsp3) is 0. The molecule has 0 rings (SSSR count). The summed E-state index contributed by atoms with van der Waals surface area (Å²) in [4.78, 5) is 0. The number of hydrogen-bond acceptors (Lipinski definition) is 0. The van der Waals surface area contributed by atoms with Crippen molar-refractivity contribution in [2.75, 3.05) is 0 Å². The molecule has 0 aliphatic carbocycles. The molecule has 0 nitrogen and oxygen atoms in total. The first-order valence-corrected chi connectivity index (χ1v) is 0. The Kier molecular flexibility index (Phi) is 155. The van der Waals surface area contributed by atoms with Crippen molar-refractivity contribution in [3.63, 3.8) is 0 Å². The van der Waals surface area contributed by atoms with E-state index in [1.54, 1.807) is 0 Å². The van der Waals surface area contributed by atoms with Crippen molar-refractivity contribution >= 4 is 17.6 Å². The molecule has 0 bridgehead atoms. The van der Waals surface area contributed by atoms with Gasteiger partial charge in [-0.1, -0.05) is 0 Å². The Bertz CT molecular complexity index is 8.00. The Morgan fingerprint density at radius 2 is 1.00 bits per heavy atom. The van der Waals surface area contributed by atoms with Crippen LogP contribution in [-0.4, -0.2) is 17.6 Å². The van der Waals surface area contributed by atoms with Gasteiger partial charge in [-0.05, 0) is 0 Å². The second-order valence-corrected chi connectivity index (χ2v) is 0. The van der Waals surface area contributed by atoms with Crippen LogP contribution in [0.1, 0.15) is 0 Å². The molecule has 4 heteroatoms. The van der Waals surface area contributed by atoms with E-state index >= 15 is 0 Å². The van der Waals surface area contributed by atoms with E-state index in [0.29, 0.717) is 0 Å². The average Bonchev–Trinajstić information content (AvgIpc) is 0. The molecule has 0 N–H and O–H groups in total. The van der Waals surface area contributed by atoms with Crippen LogP contribution in [0, 0.1) is 0 Å². The first-order valence-electron chi connectivity index (χ1n) is 0. The molecule has 4 heavy (non-hydrogen) atoms. The van der Waals surface area contributed by atoms with E-state index < -0.39 is 0 Å². The summed E-state index contributed by atoms with van der Waals surface area (Å²) in [5, 5.41) is 0. The monoisotopic (exact) mass is 392 g/mol. The van der Waals surface area contributed by atoms with Crippen LogP contribution in [0.3, 0.4) is 0 Å². The van der Waals surface area contributed by atoms with Crippen LogP contribution in [0.25, 0.3) is 0 Å². The van der Waals surface area contributed by atoms with Crippen LogP contribution >= 0.6 is 0 Å². The van der Waals surface area contributed by atoms with Crippen LogP contribution < -0.4 is 0 Å². The maximum Gasteiger partial charge on any atom is 0 e. The molecule has 6 radical (unpaired) electrons. The Labute approximate surface area is 72.7 Å². The summed E-state index contributed by atoms with van der Waals surface area (Å²) in [7, 11) is 0. The molecule has 0 aliphatic rings. The van der Waals surface area contributed by atoms with Crippen molar-refractivity contribution in [2.45, 2.75) is 0 Å². The van der Waals surface area contributed by atoms with Gasteiger partial charge in [0.1, 0.15) is 0 Å². The van der Waals surface area contributed by atoms with Crippen LogP contribution in [0.15, 0.2) is 0 Å². The van der Waals surface area contributed by atoms with E-state index in [2.05, 4.69) is 0 Å². The van der Waals surface area contributed by atoms with Gasteiger partial charge in [0.2, 0.25) is 0 Å². The first-order chi connectivity index (χ1) is 0. The standard InChI is InChI=1S/Au.Cu.Ge.Ni. The molecule has 0 heterocycles. The summed E-state index contributed by atoms with van der Waals surface area (Å²) < 4.78 is 0. The van der Waals surface area contributed by atoms with Gasteiger partial charge >= 0.3 is 0 Å². The van der Waals surface area contributed by atoms with E-state index in [1.165, 1.54) is 0 Å². The Morgan fingerprint density at radius 3 is 1.00 bits per heavy atom. The summed E-state index contributed by atoms with van der Waals surface area (Å²) in [5.74, 6) is 0. The SMILES string of the molecule is [Au].[Cu].[Ge].[Ni]. The fourth-order valence-electron chi connectivity index (χ4n) is 0. The van der Waals surface area contributed by atoms with Gasteiger partial charge in [0.05, 0.1) is 0 Å². The van der Waals surface area contributed by atoms with Crippen molar-refractivity contribution in [3.8, 4) is 0 Å². The van der Waals surface area contributed by atoms with Gasteiger partial charge in [-0.3, -0.25) is 0 Å². The maximum atomic E-state index is 0. The normalized spacial score (nSPS) is 0. The van der Waals surface area contributed by atoms with Gasteiger partial charge in [0.25, 0.3) is 0 Å². The molecule has 0 saturated carbocycles. The van der Waals surface area contributed by atoms with Crippen LogP contribution in [-0.2, 0) is 55.9 Å². The second kappa shape index (κ2) is 18.5. The number of rotatable bonds is 0. The molecule has 0 spiro atoms. The molecule has 0 aromatic rings. The molecule has 36 valence electrons. The van der Waals surface area contributed by atoms with E-state index in [0.717, 1.165) is 0 Å². The van der Waals surface area contributed by atoms with Crippen molar-refractivity contribution in [1.82, 2.24) is 0 Å². The third-order valence-corrected chi connectivity index (χ3v) is 0. The van der Waals surface area contributed by atoms with E-state index in [9.17, 15) is 0 Å². The third-order valence-electron chi connectivity index (χ3n) is 0. The Morgan fingerprint density at radius 1 is 1.00 bits per heavy atom. The summed E-state index contributed by atoms with van der Waals surface area (Å²) in [6.45, 7) is 0. The van der Waals surface area contributed by atoms with Crippen molar-refractivity contribution in [2.24, 2.45) is 0 Å². The van der Waals surface area contributed by atoms with Gasteiger partial charge in [-0.2, -0.15) is 0 Å². The predicted molar refractivity (Wildman–Crippen MR) is 5.75 cm³/mol. The third kappa shape index (κ3) is 8.85. The molecule has 0 unspecified atom stereocenters. The molecule has 0 aromatic heterocycles. The smallest absolute Gasteiger partial charge is 0 e. The van der Waals surface area contributed by atoms with Crippen molar-refractivity contribution in [1.29, 1.82) is 0 Å². The minimum atomic E-state index is 0. The van der Waals surface area contributed by atoms with Crippen molar-refractivity contribution < 1.29 is 55.9 Å². The minimum Gasteiger partial charge on any atom is 0 e. The Balaban J connectivity index is 0. The molecular formula is AuCuGeNi. The molecule has 0 atom stereocenters. The van der Waals surface area contributed by atoms with Gasteiger partial charge in [0.15, 0.2) is 0 Å². The predicted octanol–water partition coefficient (Wildman–Crippen LogP) is -0.388. The van der Waals surface area contributed by atoms with Crippen molar-refractivity contribution in [3.05, 3.63) is 0 Å². The summed E-state index contributed by atoms with van der Waals surface area (Å²) >= 11 is 0. The molecular weight excluding hydrogens is 392 g/mol. The Hall–Kier alpha value is 2.30. The van der Waals surface area contributed by atoms with Gasteiger partial charge < -0.3 is 0 Å². The number of hydrogen-bond donors (Lipinski definition) is 0. The summed E-state index contributed by atoms with van der Waals surface area (Å²) in [6.07, 6.45) is 0. The first kappa shape index (κ1) is 33.5. The zero-order valence-corrected chi connectivity index (χ0v) is 7.61. The summed E-state index contributed by atoms with van der Waals surface area (Å²) in [6, 6.07) is 0. The van der Waals surface area contributed by atoms with Crippen LogP contribution in [0.2, 0.25) is 0 Å². The quantitative estimate of drug-likeness (QED) is 0.494. The van der Waals surface area contributed by atoms with Gasteiger partial charge in [-0.25, -0.2) is 0 Å². The zero-order valence-electron chi connectivity index (χ0n) is 1.42. The summed E-state index contributed by atoms with van der Waals surface area (Å²) in [5.41, 5.74) is 0.